The van der Waals surface area contributed by atoms with Gasteiger partial charge in [-0.2, -0.15) is 0 Å². The molecule has 9 N–H and O–H groups in total. The summed E-state index contributed by atoms with van der Waals surface area (Å²) < 4.78 is 0. The maximum absolute atomic E-state index is 10.2. The monoisotopic (exact) mass is 295 g/mol. The lowest BCUT2D eigenvalue weighted by atomic mass is 10.2. The molecule has 0 radical (unpaired) electrons. The molecular weight excluding hydrogens is 274 g/mol. The zero-order chi connectivity index (χ0) is 16.3. The first-order valence-electron chi connectivity index (χ1n) is 5.66. The number of nitrogens with two attached hydrogens (primary N) is 2. The summed E-state index contributed by atoms with van der Waals surface area (Å²) in [5.74, 6) is -2.81. The van der Waals surface area contributed by atoms with Gasteiger partial charge in [-0.3, -0.25) is 14.4 Å². The van der Waals surface area contributed by atoms with Gasteiger partial charge in [0.1, 0.15) is 12.1 Å². The van der Waals surface area contributed by atoms with Crippen LogP contribution in [0.3, 0.4) is 0 Å². The van der Waals surface area contributed by atoms with Crippen LogP contribution in [-0.2, 0) is 14.4 Å². The van der Waals surface area contributed by atoms with Crippen molar-refractivity contribution < 1.29 is 34.8 Å². The second-order valence-electron chi connectivity index (χ2n) is 3.91. The van der Waals surface area contributed by atoms with Gasteiger partial charge in [0.15, 0.2) is 0 Å². The van der Waals surface area contributed by atoms with E-state index in [1.807, 2.05) is 0 Å². The van der Waals surface area contributed by atoms with Gasteiger partial charge in [0.05, 0.1) is 12.6 Å². The number of rotatable bonds is 3. The number of hydrogen-bond acceptors (Lipinski definition) is 7. The van der Waals surface area contributed by atoms with E-state index in [1.165, 1.54) is 6.92 Å². The molecule has 0 aromatic rings. The van der Waals surface area contributed by atoms with Crippen LogP contribution in [0, 0.1) is 0 Å². The molecule has 0 bridgehead atoms. The van der Waals surface area contributed by atoms with Crippen LogP contribution < -0.4 is 16.8 Å². The van der Waals surface area contributed by atoms with Crippen molar-refractivity contribution in [2.45, 2.75) is 31.5 Å². The molecule has 1 rings (SSSR count). The molecule has 10 nitrogen and oxygen atoms in total. The molecule has 20 heavy (non-hydrogen) atoms. The van der Waals surface area contributed by atoms with Crippen molar-refractivity contribution in [2.75, 3.05) is 13.1 Å². The molecule has 1 heterocycles. The minimum Gasteiger partial charge on any atom is -0.480 e. The molecule has 0 amide bonds. The smallest absolute Gasteiger partial charge is 0.320 e. The summed E-state index contributed by atoms with van der Waals surface area (Å²) in [6, 6.07) is -1.27. The summed E-state index contributed by atoms with van der Waals surface area (Å²) in [4.78, 5) is 29.0. The van der Waals surface area contributed by atoms with Gasteiger partial charge in [-0.15, -0.1) is 0 Å². The van der Waals surface area contributed by atoms with E-state index < -0.39 is 36.1 Å². The quantitative estimate of drug-likeness (QED) is 0.286. The lowest BCUT2D eigenvalue weighted by molar-refractivity contribution is -0.139. The highest BCUT2D eigenvalue weighted by Crippen LogP contribution is 2.05. The average Bonchev–Trinajstić information content (AvgIpc) is 2.77. The molecule has 0 spiro atoms. The molecule has 1 fully saturated rings. The Balaban J connectivity index is 0. The summed E-state index contributed by atoms with van der Waals surface area (Å²) in [6.45, 7) is 1.54. The van der Waals surface area contributed by atoms with Gasteiger partial charge in [-0.25, -0.2) is 0 Å². The fourth-order valence-corrected chi connectivity index (χ4v) is 0.905. The fourth-order valence-electron chi connectivity index (χ4n) is 0.905. The Kier molecular flexibility index (Phi) is 11.4. The van der Waals surface area contributed by atoms with Gasteiger partial charge in [0, 0.05) is 13.0 Å². The van der Waals surface area contributed by atoms with Gasteiger partial charge in [-0.05, 0) is 6.92 Å². The molecule has 1 aliphatic rings. The van der Waals surface area contributed by atoms with Gasteiger partial charge in [0.2, 0.25) is 0 Å². The second kappa shape index (κ2) is 11.1. The minimum atomic E-state index is -0.968. The lowest BCUT2D eigenvalue weighted by Crippen LogP contribution is -2.29. The molecule has 1 saturated heterocycles. The first kappa shape index (κ1) is 20.6. The lowest BCUT2D eigenvalue weighted by Gasteiger charge is -1.99. The van der Waals surface area contributed by atoms with E-state index in [9.17, 15) is 14.4 Å². The van der Waals surface area contributed by atoms with Crippen molar-refractivity contribution in [3.63, 3.8) is 0 Å². The first-order chi connectivity index (χ1) is 9.11. The summed E-state index contributed by atoms with van der Waals surface area (Å²) in [7, 11) is 0. The van der Waals surface area contributed by atoms with E-state index in [2.05, 4.69) is 11.1 Å². The second-order valence-corrected chi connectivity index (χ2v) is 3.91. The molecule has 3 atom stereocenters. The van der Waals surface area contributed by atoms with Crippen LogP contribution in [-0.4, -0.2) is 69.6 Å². The number of carboxylic acid groups (broad SMARTS) is 3. The van der Waals surface area contributed by atoms with Crippen molar-refractivity contribution >= 4 is 17.9 Å². The Morgan fingerprint density at radius 1 is 1.30 bits per heavy atom. The summed E-state index contributed by atoms with van der Waals surface area (Å²) in [6.07, 6.45) is -0.152. The Bertz CT molecular complexity index is 322. The number of β-amino-alcohol motifs (C(OH)–C–C–N with tert-alkyl or cyclic N) is 1. The van der Waals surface area contributed by atoms with Crippen LogP contribution in [0.4, 0.5) is 0 Å². The predicted octanol–water partition coefficient (Wildman–Crippen LogP) is -2.76. The third-order valence-electron chi connectivity index (χ3n) is 1.97. The zero-order valence-corrected chi connectivity index (χ0v) is 11.0. The number of aliphatic hydroxyl groups excluding tert-OH is 1. The standard InChI is InChI=1S/C5H9NO3.C3H7NO2.C2H5NO2/c7-3-1-4(5(8)9)6-2-3;1-2(4)3(5)6;3-1-2(4)5/h3-4,6-7H,1-2H2,(H,8,9);2H,4H2,1H3,(H,5,6);1,3H2,(H,4,5)/t3-,4+;;/m1../s1. The SMILES string of the molecule is CC(N)C(=O)O.NCC(=O)O.O=C(O)[C@@H]1C[C@@H](O)CN1. The van der Waals surface area contributed by atoms with Crippen LogP contribution in [0.25, 0.3) is 0 Å². The molecule has 0 aromatic carbocycles. The first-order valence-corrected chi connectivity index (χ1v) is 5.66. The van der Waals surface area contributed by atoms with Gasteiger partial charge >= 0.3 is 17.9 Å². The van der Waals surface area contributed by atoms with Crippen LogP contribution in [0.15, 0.2) is 0 Å². The molecule has 0 saturated carbocycles. The predicted molar refractivity (Wildman–Crippen MR) is 68.0 cm³/mol. The van der Waals surface area contributed by atoms with E-state index in [4.69, 9.17) is 26.2 Å². The number of aliphatic carboxylic acids is 3. The van der Waals surface area contributed by atoms with Crippen molar-refractivity contribution in [2.24, 2.45) is 11.5 Å². The third-order valence-corrected chi connectivity index (χ3v) is 1.97. The molecule has 10 heteroatoms. The highest BCUT2D eigenvalue weighted by atomic mass is 16.4. The highest BCUT2D eigenvalue weighted by molar-refractivity contribution is 5.74. The number of nitrogens with one attached hydrogen (secondary N) is 1. The average molecular weight is 295 g/mol. The number of aliphatic hydroxyl groups is 1. The molecule has 1 aliphatic heterocycles. The van der Waals surface area contributed by atoms with E-state index in [0.29, 0.717) is 13.0 Å². The summed E-state index contributed by atoms with van der Waals surface area (Å²) >= 11 is 0. The number of carbonyl (C=O) groups is 3. The van der Waals surface area contributed by atoms with Crippen molar-refractivity contribution in [1.29, 1.82) is 0 Å². The van der Waals surface area contributed by atoms with Gasteiger partial charge in [0.25, 0.3) is 0 Å². The van der Waals surface area contributed by atoms with E-state index in [-0.39, 0.29) is 6.54 Å². The number of carboxylic acids is 3. The zero-order valence-electron chi connectivity index (χ0n) is 11.0. The van der Waals surface area contributed by atoms with Crippen molar-refractivity contribution in [1.82, 2.24) is 5.32 Å². The van der Waals surface area contributed by atoms with Crippen molar-refractivity contribution in [3.05, 3.63) is 0 Å². The van der Waals surface area contributed by atoms with E-state index in [0.717, 1.165) is 0 Å². The van der Waals surface area contributed by atoms with Crippen LogP contribution in [0.1, 0.15) is 13.3 Å². The van der Waals surface area contributed by atoms with E-state index in [1.54, 1.807) is 0 Å². The highest BCUT2D eigenvalue weighted by Gasteiger charge is 2.27. The molecule has 118 valence electrons. The Hall–Kier alpha value is -1.75. The van der Waals surface area contributed by atoms with Gasteiger partial charge in [-0.1, -0.05) is 0 Å². The molecular formula is C10H21N3O7. The number of hydrogen-bond donors (Lipinski definition) is 7. The molecule has 0 aromatic heterocycles. The molecule has 0 aliphatic carbocycles. The van der Waals surface area contributed by atoms with Crippen LogP contribution >= 0.6 is 0 Å². The normalized spacial score (nSPS) is 21.6. The maximum atomic E-state index is 10.2. The van der Waals surface area contributed by atoms with Crippen LogP contribution in [0.5, 0.6) is 0 Å². The third kappa shape index (κ3) is 12.7. The fraction of sp³-hybridized carbons (Fsp3) is 0.700. The summed E-state index contributed by atoms with van der Waals surface area (Å²) in [5, 5.41) is 35.3. The Morgan fingerprint density at radius 2 is 1.70 bits per heavy atom. The Labute approximate surface area is 115 Å². The minimum absolute atomic E-state index is 0.278. The summed E-state index contributed by atoms with van der Waals surface area (Å²) in [5.41, 5.74) is 9.41. The van der Waals surface area contributed by atoms with Crippen molar-refractivity contribution in [3.8, 4) is 0 Å². The molecule has 1 unspecified atom stereocenters. The topological polar surface area (TPSA) is 196 Å². The van der Waals surface area contributed by atoms with Crippen LogP contribution in [0.2, 0.25) is 0 Å². The maximum Gasteiger partial charge on any atom is 0.320 e. The Morgan fingerprint density at radius 3 is 1.80 bits per heavy atom. The van der Waals surface area contributed by atoms with Gasteiger partial charge < -0.3 is 37.2 Å². The van der Waals surface area contributed by atoms with E-state index >= 15 is 0 Å². The largest absolute Gasteiger partial charge is 0.480 e.